The van der Waals surface area contributed by atoms with Gasteiger partial charge in [0.1, 0.15) is 17.2 Å². The molecule has 3 rings (SSSR count). The van der Waals surface area contributed by atoms with Crippen molar-refractivity contribution in [1.82, 2.24) is 14.5 Å². The second-order valence-electron chi connectivity index (χ2n) is 7.37. The molecule has 0 aliphatic carbocycles. The monoisotopic (exact) mass is 345 g/mol. The average molecular weight is 345 g/mol. The molecule has 0 spiro atoms. The van der Waals surface area contributed by atoms with Crippen LogP contribution >= 0.6 is 0 Å². The molecule has 1 aromatic heterocycles. The van der Waals surface area contributed by atoms with Gasteiger partial charge in [-0.3, -0.25) is 0 Å². The van der Waals surface area contributed by atoms with Gasteiger partial charge in [-0.2, -0.15) is 0 Å². The number of hydrogen-bond donors (Lipinski definition) is 0. The van der Waals surface area contributed by atoms with E-state index < -0.39 is 5.60 Å². The molecule has 0 bridgehead atoms. The van der Waals surface area contributed by atoms with Crippen LogP contribution in [0.25, 0.3) is 5.69 Å². The first-order valence-electron chi connectivity index (χ1n) is 8.60. The van der Waals surface area contributed by atoms with Crippen LogP contribution in [0, 0.1) is 5.82 Å². The second kappa shape index (κ2) is 6.86. The molecule has 6 heteroatoms. The SMILES string of the molecule is CC(C)(C)OC(=O)N1CCC(c2nccn2-c2ccc(F)cc2)CC1. The molecule has 0 radical (unpaired) electrons. The summed E-state index contributed by atoms with van der Waals surface area (Å²) in [7, 11) is 0. The van der Waals surface area contributed by atoms with E-state index in [4.69, 9.17) is 4.74 Å². The van der Waals surface area contributed by atoms with Crippen LogP contribution in [0.1, 0.15) is 45.4 Å². The summed E-state index contributed by atoms with van der Waals surface area (Å²) in [5.74, 6) is 0.963. The Bertz CT molecular complexity index is 726. The van der Waals surface area contributed by atoms with E-state index in [2.05, 4.69) is 4.98 Å². The molecule has 5 nitrogen and oxygen atoms in total. The van der Waals surface area contributed by atoms with E-state index in [1.165, 1.54) is 12.1 Å². The number of nitrogens with zero attached hydrogens (tertiary/aromatic N) is 3. The standard InChI is InChI=1S/C19H24FN3O2/c1-19(2,3)25-18(24)22-11-8-14(9-12-22)17-21-10-13-23(17)16-6-4-15(20)5-7-16/h4-7,10,13-14H,8-9,11-12H2,1-3H3. The summed E-state index contributed by atoms with van der Waals surface area (Å²) in [5, 5.41) is 0. The summed E-state index contributed by atoms with van der Waals surface area (Å²) in [4.78, 5) is 18.4. The van der Waals surface area contributed by atoms with E-state index in [0.717, 1.165) is 24.4 Å². The van der Waals surface area contributed by atoms with Crippen molar-refractivity contribution in [3.8, 4) is 5.69 Å². The Morgan fingerprint density at radius 2 is 1.84 bits per heavy atom. The number of carbonyl (C=O) groups is 1. The maximum Gasteiger partial charge on any atom is 0.410 e. The Hall–Kier alpha value is -2.37. The molecule has 1 aromatic carbocycles. The van der Waals surface area contributed by atoms with Crippen LogP contribution < -0.4 is 0 Å². The lowest BCUT2D eigenvalue weighted by Gasteiger charge is -2.33. The summed E-state index contributed by atoms with van der Waals surface area (Å²) in [6.07, 6.45) is 5.06. The van der Waals surface area contributed by atoms with E-state index >= 15 is 0 Å². The molecule has 1 amide bonds. The van der Waals surface area contributed by atoms with Crippen LogP contribution in [0.5, 0.6) is 0 Å². The molecule has 0 saturated carbocycles. The first-order chi connectivity index (χ1) is 11.8. The fraction of sp³-hybridized carbons (Fsp3) is 0.474. The van der Waals surface area contributed by atoms with Crippen LogP contribution in [0.15, 0.2) is 36.7 Å². The minimum absolute atomic E-state index is 0.254. The number of benzene rings is 1. The highest BCUT2D eigenvalue weighted by Crippen LogP contribution is 2.29. The number of halogens is 1. The van der Waals surface area contributed by atoms with Gasteiger partial charge in [0.15, 0.2) is 0 Å². The second-order valence-corrected chi connectivity index (χ2v) is 7.37. The topological polar surface area (TPSA) is 47.4 Å². The van der Waals surface area contributed by atoms with Crippen molar-refractivity contribution in [2.45, 2.75) is 45.1 Å². The van der Waals surface area contributed by atoms with Gasteiger partial charge in [0.25, 0.3) is 0 Å². The van der Waals surface area contributed by atoms with Crippen LogP contribution in [-0.4, -0.2) is 39.2 Å². The zero-order chi connectivity index (χ0) is 18.0. The zero-order valence-corrected chi connectivity index (χ0v) is 14.9. The van der Waals surface area contributed by atoms with E-state index in [1.54, 1.807) is 23.2 Å². The van der Waals surface area contributed by atoms with Crippen molar-refractivity contribution in [1.29, 1.82) is 0 Å². The van der Waals surface area contributed by atoms with Crippen LogP contribution in [0.2, 0.25) is 0 Å². The van der Waals surface area contributed by atoms with Crippen LogP contribution in [0.4, 0.5) is 9.18 Å². The van der Waals surface area contributed by atoms with Gasteiger partial charge in [0.05, 0.1) is 0 Å². The van der Waals surface area contributed by atoms with Crippen LogP contribution in [0.3, 0.4) is 0 Å². The van der Waals surface area contributed by atoms with E-state index in [1.807, 2.05) is 31.5 Å². The van der Waals surface area contributed by atoms with Crippen molar-refractivity contribution >= 4 is 6.09 Å². The number of imidazole rings is 1. The largest absolute Gasteiger partial charge is 0.444 e. The van der Waals surface area contributed by atoms with Crippen molar-refractivity contribution in [2.24, 2.45) is 0 Å². The molecule has 134 valence electrons. The van der Waals surface area contributed by atoms with Crippen molar-refractivity contribution < 1.29 is 13.9 Å². The highest BCUT2D eigenvalue weighted by Gasteiger charge is 2.29. The molecule has 2 aromatic rings. The van der Waals surface area contributed by atoms with Gasteiger partial charge in [-0.1, -0.05) is 0 Å². The van der Waals surface area contributed by atoms with Gasteiger partial charge in [0.2, 0.25) is 0 Å². The number of hydrogen-bond acceptors (Lipinski definition) is 3. The van der Waals surface area contributed by atoms with E-state index in [9.17, 15) is 9.18 Å². The Balaban J connectivity index is 1.67. The zero-order valence-electron chi connectivity index (χ0n) is 14.9. The van der Waals surface area contributed by atoms with E-state index in [-0.39, 0.29) is 17.8 Å². The Morgan fingerprint density at radius 1 is 1.20 bits per heavy atom. The normalized spacial score (nSPS) is 16.1. The minimum atomic E-state index is -0.479. The molecule has 0 unspecified atom stereocenters. The molecule has 2 heterocycles. The summed E-state index contributed by atoms with van der Waals surface area (Å²) in [6, 6.07) is 6.39. The average Bonchev–Trinajstić information content (AvgIpc) is 3.04. The minimum Gasteiger partial charge on any atom is -0.444 e. The van der Waals surface area contributed by atoms with Crippen molar-refractivity contribution in [3.63, 3.8) is 0 Å². The predicted molar refractivity (Wildman–Crippen MR) is 93.3 cm³/mol. The summed E-state index contributed by atoms with van der Waals surface area (Å²) in [6.45, 7) is 6.91. The third-order valence-corrected chi connectivity index (χ3v) is 4.29. The number of rotatable bonds is 2. The molecular formula is C19H24FN3O2. The molecule has 25 heavy (non-hydrogen) atoms. The molecule has 0 atom stereocenters. The number of aromatic nitrogens is 2. The lowest BCUT2D eigenvalue weighted by Crippen LogP contribution is -2.41. The van der Waals surface area contributed by atoms with Gasteiger partial charge in [-0.05, 0) is 57.9 Å². The van der Waals surface area contributed by atoms with Crippen LogP contribution in [-0.2, 0) is 4.74 Å². The smallest absolute Gasteiger partial charge is 0.410 e. The fourth-order valence-electron chi connectivity index (χ4n) is 3.08. The number of ether oxygens (including phenoxy) is 1. The maximum atomic E-state index is 13.1. The summed E-state index contributed by atoms with van der Waals surface area (Å²) < 4.78 is 20.6. The molecule has 0 N–H and O–H groups in total. The Labute approximate surface area is 147 Å². The Morgan fingerprint density at radius 3 is 2.44 bits per heavy atom. The summed E-state index contributed by atoms with van der Waals surface area (Å²) >= 11 is 0. The predicted octanol–water partition coefficient (Wildman–Crippen LogP) is 4.13. The first-order valence-corrected chi connectivity index (χ1v) is 8.60. The number of amides is 1. The first kappa shape index (κ1) is 17.5. The molecule has 1 saturated heterocycles. The number of piperidine rings is 1. The van der Waals surface area contributed by atoms with Gasteiger partial charge in [-0.25, -0.2) is 14.2 Å². The third-order valence-electron chi connectivity index (χ3n) is 4.29. The van der Waals surface area contributed by atoms with Gasteiger partial charge >= 0.3 is 6.09 Å². The lowest BCUT2D eigenvalue weighted by atomic mass is 9.96. The molecule has 1 fully saturated rings. The highest BCUT2D eigenvalue weighted by atomic mass is 19.1. The molecule has 1 aliphatic rings. The van der Waals surface area contributed by atoms with Gasteiger partial charge in [-0.15, -0.1) is 0 Å². The number of likely N-dealkylation sites (tertiary alicyclic amines) is 1. The van der Waals surface area contributed by atoms with Gasteiger partial charge < -0.3 is 14.2 Å². The fourth-order valence-corrected chi connectivity index (χ4v) is 3.08. The van der Waals surface area contributed by atoms with Crippen molar-refractivity contribution in [3.05, 3.63) is 48.3 Å². The quantitative estimate of drug-likeness (QED) is 0.822. The van der Waals surface area contributed by atoms with E-state index in [0.29, 0.717) is 13.1 Å². The maximum absolute atomic E-state index is 13.1. The third kappa shape index (κ3) is 4.18. The Kier molecular flexibility index (Phi) is 4.79. The summed E-state index contributed by atoms with van der Waals surface area (Å²) in [5.41, 5.74) is 0.413. The highest BCUT2D eigenvalue weighted by molar-refractivity contribution is 5.68. The number of carbonyl (C=O) groups excluding carboxylic acids is 1. The van der Waals surface area contributed by atoms with Crippen molar-refractivity contribution in [2.75, 3.05) is 13.1 Å². The van der Waals surface area contributed by atoms with Gasteiger partial charge in [0, 0.05) is 37.1 Å². The molecular weight excluding hydrogens is 321 g/mol. The lowest BCUT2D eigenvalue weighted by molar-refractivity contribution is 0.0203. The molecule has 1 aliphatic heterocycles.